The van der Waals surface area contributed by atoms with Crippen molar-refractivity contribution in [3.05, 3.63) is 106 Å². The monoisotopic (exact) mass is 455 g/mol. The quantitative estimate of drug-likeness (QED) is 0.290. The highest BCUT2D eigenvalue weighted by Crippen LogP contribution is 2.30. The van der Waals surface area contributed by atoms with Crippen LogP contribution >= 0.6 is 0 Å². The van der Waals surface area contributed by atoms with Crippen LogP contribution in [0.15, 0.2) is 78.9 Å². The first-order chi connectivity index (χ1) is 15.6. The van der Waals surface area contributed by atoms with E-state index in [1.807, 2.05) is 0 Å². The van der Waals surface area contributed by atoms with E-state index in [1.165, 1.54) is 72.8 Å². The number of non-ortho nitro benzene ring substituents is 1. The van der Waals surface area contributed by atoms with Crippen LogP contribution in [0.5, 0.6) is 0 Å². The molecule has 0 spiro atoms. The molecule has 0 heterocycles. The van der Waals surface area contributed by atoms with Crippen molar-refractivity contribution in [2.75, 3.05) is 10.6 Å². The van der Waals surface area contributed by atoms with Gasteiger partial charge in [-0.15, -0.1) is 0 Å². The van der Waals surface area contributed by atoms with E-state index in [-0.39, 0.29) is 16.9 Å². The Morgan fingerprint density at radius 1 is 0.879 bits per heavy atom. The number of hydrogen-bond acceptors (Lipinski definition) is 4. The van der Waals surface area contributed by atoms with E-state index in [4.69, 9.17) is 0 Å². The van der Waals surface area contributed by atoms with Gasteiger partial charge in [-0.25, -0.2) is 0 Å². The van der Waals surface area contributed by atoms with Gasteiger partial charge in [-0.1, -0.05) is 6.07 Å². The molecule has 0 unspecified atom stereocenters. The molecule has 168 valence electrons. The molecule has 2 N–H and O–H groups in total. The van der Waals surface area contributed by atoms with Crippen LogP contribution in [0.25, 0.3) is 6.08 Å². The predicted octanol–water partition coefficient (Wildman–Crippen LogP) is 5.52. The third-order valence-electron chi connectivity index (χ3n) is 4.39. The van der Waals surface area contributed by atoms with E-state index >= 15 is 0 Å². The Labute approximate surface area is 185 Å². The van der Waals surface area contributed by atoms with Crippen molar-refractivity contribution < 1.29 is 27.7 Å². The highest BCUT2D eigenvalue weighted by atomic mass is 19.4. The maximum Gasteiger partial charge on any atom is 0.416 e. The van der Waals surface area contributed by atoms with E-state index in [0.29, 0.717) is 11.3 Å². The lowest BCUT2D eigenvalue weighted by Crippen LogP contribution is -2.13. The SMILES string of the molecule is O=C(/C=C/c1ccc([N+](=O)[O-])cc1)Nc1ccc(C(=O)Nc2cccc(C(F)(F)F)c2)cc1. The first kappa shape index (κ1) is 23.2. The number of halogens is 3. The molecule has 0 fully saturated rings. The van der Waals surface area contributed by atoms with Crippen LogP contribution in [0.3, 0.4) is 0 Å². The van der Waals surface area contributed by atoms with Gasteiger partial charge < -0.3 is 10.6 Å². The maximum absolute atomic E-state index is 12.8. The summed E-state index contributed by atoms with van der Waals surface area (Å²) in [5, 5.41) is 15.6. The Bertz CT molecular complexity index is 1200. The molecular weight excluding hydrogens is 439 g/mol. The van der Waals surface area contributed by atoms with Crippen molar-refractivity contribution in [1.29, 1.82) is 0 Å². The fraction of sp³-hybridized carbons (Fsp3) is 0.0435. The number of nitro benzene ring substituents is 1. The summed E-state index contributed by atoms with van der Waals surface area (Å²) in [6, 6.07) is 15.7. The topological polar surface area (TPSA) is 101 Å². The minimum atomic E-state index is -4.52. The number of hydrogen-bond donors (Lipinski definition) is 2. The average Bonchev–Trinajstić information content (AvgIpc) is 2.78. The largest absolute Gasteiger partial charge is 0.416 e. The molecule has 10 heteroatoms. The summed E-state index contributed by atoms with van der Waals surface area (Å²) < 4.78 is 38.4. The summed E-state index contributed by atoms with van der Waals surface area (Å²) in [6.45, 7) is 0. The number of carbonyl (C=O) groups excluding carboxylic acids is 2. The van der Waals surface area contributed by atoms with Crippen molar-refractivity contribution in [2.45, 2.75) is 6.18 Å². The average molecular weight is 455 g/mol. The molecule has 0 saturated heterocycles. The number of amides is 2. The minimum Gasteiger partial charge on any atom is -0.323 e. The van der Waals surface area contributed by atoms with Crippen molar-refractivity contribution >= 4 is 35.0 Å². The van der Waals surface area contributed by atoms with Gasteiger partial charge in [0.2, 0.25) is 5.91 Å². The van der Waals surface area contributed by atoms with Gasteiger partial charge in [0.05, 0.1) is 10.5 Å². The molecular formula is C23H16F3N3O4. The van der Waals surface area contributed by atoms with E-state index < -0.39 is 28.5 Å². The van der Waals surface area contributed by atoms with Crippen LogP contribution in [-0.4, -0.2) is 16.7 Å². The summed E-state index contributed by atoms with van der Waals surface area (Å²) in [5.74, 6) is -1.07. The van der Waals surface area contributed by atoms with Crippen LogP contribution in [0.4, 0.5) is 30.2 Å². The molecule has 3 rings (SSSR count). The zero-order valence-electron chi connectivity index (χ0n) is 16.8. The van der Waals surface area contributed by atoms with Crippen LogP contribution in [0.2, 0.25) is 0 Å². The summed E-state index contributed by atoms with van der Waals surface area (Å²) in [4.78, 5) is 34.5. The summed E-state index contributed by atoms with van der Waals surface area (Å²) in [6.07, 6.45) is -1.79. The molecule has 7 nitrogen and oxygen atoms in total. The van der Waals surface area contributed by atoms with Gasteiger partial charge in [0.1, 0.15) is 0 Å². The molecule has 0 radical (unpaired) electrons. The first-order valence-corrected chi connectivity index (χ1v) is 9.44. The highest BCUT2D eigenvalue weighted by Gasteiger charge is 2.30. The summed E-state index contributed by atoms with van der Waals surface area (Å²) in [5.41, 5.74) is 0.241. The summed E-state index contributed by atoms with van der Waals surface area (Å²) >= 11 is 0. The molecule has 0 aliphatic heterocycles. The number of rotatable bonds is 6. The van der Waals surface area contributed by atoms with Gasteiger partial charge in [-0.3, -0.25) is 19.7 Å². The minimum absolute atomic E-state index is 0.00332. The van der Waals surface area contributed by atoms with Crippen molar-refractivity contribution in [3.63, 3.8) is 0 Å². The van der Waals surface area contributed by atoms with E-state index in [0.717, 1.165) is 12.1 Å². The normalized spacial score (nSPS) is 11.2. The van der Waals surface area contributed by atoms with Gasteiger partial charge >= 0.3 is 6.18 Å². The second-order valence-electron chi connectivity index (χ2n) is 6.78. The van der Waals surface area contributed by atoms with Crippen LogP contribution in [-0.2, 0) is 11.0 Å². The molecule has 33 heavy (non-hydrogen) atoms. The van der Waals surface area contributed by atoms with Crippen molar-refractivity contribution in [1.82, 2.24) is 0 Å². The second-order valence-corrected chi connectivity index (χ2v) is 6.78. The van der Waals surface area contributed by atoms with Crippen LogP contribution in [0, 0.1) is 10.1 Å². The van der Waals surface area contributed by atoms with Crippen LogP contribution in [0.1, 0.15) is 21.5 Å². The van der Waals surface area contributed by atoms with Crippen LogP contribution < -0.4 is 10.6 Å². The Hall–Kier alpha value is -4.47. The molecule has 0 saturated carbocycles. The van der Waals surface area contributed by atoms with Gasteiger partial charge in [0.15, 0.2) is 0 Å². The van der Waals surface area contributed by atoms with Gasteiger partial charge in [0, 0.05) is 35.1 Å². The first-order valence-electron chi connectivity index (χ1n) is 9.44. The Balaban J connectivity index is 1.59. The number of benzene rings is 3. The Kier molecular flexibility index (Phi) is 6.87. The standard InChI is InChI=1S/C23H16F3N3O4/c24-23(25,26)17-2-1-3-19(14-17)28-22(31)16-7-9-18(10-8-16)27-21(30)13-6-15-4-11-20(12-5-15)29(32)33/h1-14H,(H,27,30)(H,28,31)/b13-6+. The second kappa shape index (κ2) is 9.77. The highest BCUT2D eigenvalue weighted by molar-refractivity contribution is 6.05. The Morgan fingerprint density at radius 3 is 2.15 bits per heavy atom. The van der Waals surface area contributed by atoms with Crippen molar-refractivity contribution in [3.8, 4) is 0 Å². The number of nitro groups is 1. The molecule has 2 amide bonds. The molecule has 3 aromatic carbocycles. The van der Waals surface area contributed by atoms with Crippen molar-refractivity contribution in [2.24, 2.45) is 0 Å². The lowest BCUT2D eigenvalue weighted by Gasteiger charge is -2.10. The lowest BCUT2D eigenvalue weighted by molar-refractivity contribution is -0.384. The van der Waals surface area contributed by atoms with E-state index in [2.05, 4.69) is 10.6 Å². The van der Waals surface area contributed by atoms with Gasteiger partial charge in [0.25, 0.3) is 11.6 Å². The van der Waals surface area contributed by atoms with E-state index in [1.54, 1.807) is 0 Å². The molecule has 0 aliphatic rings. The fourth-order valence-electron chi connectivity index (χ4n) is 2.74. The molecule has 0 bridgehead atoms. The number of nitrogens with zero attached hydrogens (tertiary/aromatic N) is 1. The van der Waals surface area contributed by atoms with E-state index in [9.17, 15) is 32.9 Å². The zero-order valence-corrected chi connectivity index (χ0v) is 16.8. The number of nitrogens with one attached hydrogen (secondary N) is 2. The number of carbonyl (C=O) groups is 2. The molecule has 0 aromatic heterocycles. The number of alkyl halides is 3. The van der Waals surface area contributed by atoms with Gasteiger partial charge in [-0.05, 0) is 66.2 Å². The maximum atomic E-state index is 12.8. The third-order valence-corrected chi connectivity index (χ3v) is 4.39. The molecule has 0 aliphatic carbocycles. The lowest BCUT2D eigenvalue weighted by atomic mass is 10.1. The predicted molar refractivity (Wildman–Crippen MR) is 117 cm³/mol. The molecule has 0 atom stereocenters. The van der Waals surface area contributed by atoms with Gasteiger partial charge in [-0.2, -0.15) is 13.2 Å². The fourth-order valence-corrected chi connectivity index (χ4v) is 2.74. The Morgan fingerprint density at radius 2 is 1.55 bits per heavy atom. The zero-order chi connectivity index (χ0) is 24.0. The number of anilines is 2. The summed E-state index contributed by atoms with van der Waals surface area (Å²) in [7, 11) is 0. The third kappa shape index (κ3) is 6.50. The smallest absolute Gasteiger partial charge is 0.323 e. The molecule has 3 aromatic rings.